The van der Waals surface area contributed by atoms with Gasteiger partial charge in [0.15, 0.2) is 0 Å². The molecule has 1 aromatic carbocycles. The fraction of sp³-hybridized carbons (Fsp3) is 0.467. The molecule has 88 valence electrons. The third kappa shape index (κ3) is 4.89. The Morgan fingerprint density at radius 2 is 1.88 bits per heavy atom. The lowest BCUT2D eigenvalue weighted by Gasteiger charge is -2.07. The zero-order valence-electron chi connectivity index (χ0n) is 10.6. The van der Waals surface area contributed by atoms with E-state index in [1.807, 2.05) is 11.8 Å². The molecule has 1 rings (SSSR count). The van der Waals surface area contributed by atoms with E-state index in [-0.39, 0.29) is 0 Å². The Labute approximate surface area is 104 Å². The standard InChI is InChI=1S/C15H22S/c1-4-6-7-13(3)12-14-8-10-15(11-9-14)16-5-2/h6-11,13H,4-5,12H2,1-3H3/b7-6-. The summed E-state index contributed by atoms with van der Waals surface area (Å²) in [7, 11) is 0. The van der Waals surface area contributed by atoms with Crippen LogP contribution in [0.1, 0.15) is 32.8 Å². The lowest BCUT2D eigenvalue weighted by atomic mass is 10.0. The Balaban J connectivity index is 2.51. The molecule has 0 nitrogen and oxygen atoms in total. The van der Waals surface area contributed by atoms with Crippen molar-refractivity contribution in [3.63, 3.8) is 0 Å². The van der Waals surface area contributed by atoms with Gasteiger partial charge in [-0.3, -0.25) is 0 Å². The van der Waals surface area contributed by atoms with Crippen molar-refractivity contribution >= 4 is 11.8 Å². The van der Waals surface area contributed by atoms with Gasteiger partial charge in [0, 0.05) is 4.90 Å². The predicted molar refractivity (Wildman–Crippen MR) is 75.1 cm³/mol. The predicted octanol–water partition coefficient (Wildman–Crippen LogP) is 4.94. The quantitative estimate of drug-likeness (QED) is 0.496. The third-order valence-electron chi connectivity index (χ3n) is 2.49. The maximum atomic E-state index is 2.31. The van der Waals surface area contributed by atoms with E-state index < -0.39 is 0 Å². The van der Waals surface area contributed by atoms with E-state index in [1.54, 1.807) is 0 Å². The van der Waals surface area contributed by atoms with E-state index in [9.17, 15) is 0 Å². The first-order valence-electron chi connectivity index (χ1n) is 6.14. The number of hydrogen-bond donors (Lipinski definition) is 0. The number of thioether (sulfide) groups is 1. The second-order valence-electron chi connectivity index (χ2n) is 4.09. The molecule has 0 spiro atoms. The van der Waals surface area contributed by atoms with E-state index in [0.29, 0.717) is 5.92 Å². The lowest BCUT2D eigenvalue weighted by Crippen LogP contribution is -1.95. The minimum atomic E-state index is 0.643. The van der Waals surface area contributed by atoms with Crippen LogP contribution in [0, 0.1) is 5.92 Å². The van der Waals surface area contributed by atoms with Crippen LogP contribution in [0.5, 0.6) is 0 Å². The van der Waals surface area contributed by atoms with E-state index in [4.69, 9.17) is 0 Å². The molecular weight excluding hydrogens is 212 g/mol. The van der Waals surface area contributed by atoms with Crippen molar-refractivity contribution in [2.45, 2.75) is 38.5 Å². The van der Waals surface area contributed by atoms with Gasteiger partial charge in [-0.05, 0) is 42.2 Å². The average molecular weight is 234 g/mol. The number of hydrogen-bond acceptors (Lipinski definition) is 1. The van der Waals surface area contributed by atoms with Crippen LogP contribution in [0.15, 0.2) is 41.3 Å². The maximum absolute atomic E-state index is 2.31. The van der Waals surface area contributed by atoms with Crippen molar-refractivity contribution in [1.82, 2.24) is 0 Å². The molecule has 0 aliphatic heterocycles. The van der Waals surface area contributed by atoms with Crippen LogP contribution in [0.4, 0.5) is 0 Å². The summed E-state index contributed by atoms with van der Waals surface area (Å²) in [6.45, 7) is 6.65. The van der Waals surface area contributed by atoms with Crippen LogP contribution in [-0.2, 0) is 6.42 Å². The van der Waals surface area contributed by atoms with Gasteiger partial charge in [0.1, 0.15) is 0 Å². The van der Waals surface area contributed by atoms with Crippen LogP contribution in [-0.4, -0.2) is 5.75 Å². The molecule has 0 fully saturated rings. The van der Waals surface area contributed by atoms with Crippen molar-refractivity contribution in [2.24, 2.45) is 5.92 Å². The molecule has 0 saturated heterocycles. The number of allylic oxidation sites excluding steroid dienone is 2. The molecule has 0 aliphatic carbocycles. The molecule has 1 aromatic rings. The molecule has 0 amide bonds. The second-order valence-corrected chi connectivity index (χ2v) is 5.43. The van der Waals surface area contributed by atoms with Crippen LogP contribution < -0.4 is 0 Å². The molecule has 0 heterocycles. The van der Waals surface area contributed by atoms with Crippen molar-refractivity contribution in [2.75, 3.05) is 5.75 Å². The molecule has 0 aromatic heterocycles. The van der Waals surface area contributed by atoms with Crippen LogP contribution in [0.2, 0.25) is 0 Å². The first kappa shape index (κ1) is 13.4. The fourth-order valence-electron chi connectivity index (χ4n) is 1.70. The monoisotopic (exact) mass is 234 g/mol. The lowest BCUT2D eigenvalue weighted by molar-refractivity contribution is 0.720. The minimum Gasteiger partial charge on any atom is -0.126 e. The maximum Gasteiger partial charge on any atom is 0.00720 e. The van der Waals surface area contributed by atoms with Crippen LogP contribution in [0.25, 0.3) is 0 Å². The highest BCUT2D eigenvalue weighted by molar-refractivity contribution is 7.99. The smallest absolute Gasteiger partial charge is 0.00720 e. The van der Waals surface area contributed by atoms with E-state index in [0.717, 1.165) is 18.6 Å². The van der Waals surface area contributed by atoms with E-state index >= 15 is 0 Å². The van der Waals surface area contributed by atoms with Gasteiger partial charge >= 0.3 is 0 Å². The number of benzene rings is 1. The first-order valence-corrected chi connectivity index (χ1v) is 7.13. The summed E-state index contributed by atoms with van der Waals surface area (Å²) >= 11 is 1.90. The van der Waals surface area contributed by atoms with Gasteiger partial charge in [-0.25, -0.2) is 0 Å². The van der Waals surface area contributed by atoms with E-state index in [1.165, 1.54) is 10.5 Å². The van der Waals surface area contributed by atoms with E-state index in [2.05, 4.69) is 57.2 Å². The van der Waals surface area contributed by atoms with Gasteiger partial charge in [-0.2, -0.15) is 0 Å². The zero-order chi connectivity index (χ0) is 11.8. The van der Waals surface area contributed by atoms with Gasteiger partial charge in [-0.1, -0.05) is 45.1 Å². The first-order chi connectivity index (χ1) is 7.76. The largest absolute Gasteiger partial charge is 0.126 e. The summed E-state index contributed by atoms with van der Waals surface area (Å²) in [6.07, 6.45) is 6.85. The molecule has 0 aliphatic rings. The molecule has 0 N–H and O–H groups in total. The highest BCUT2D eigenvalue weighted by Crippen LogP contribution is 2.19. The Kier molecular flexibility index (Phi) is 6.32. The number of rotatable bonds is 6. The van der Waals surface area contributed by atoms with Gasteiger partial charge in [0.2, 0.25) is 0 Å². The Bertz CT molecular complexity index is 311. The summed E-state index contributed by atoms with van der Waals surface area (Å²) in [6, 6.07) is 8.99. The fourth-order valence-corrected chi connectivity index (χ4v) is 2.36. The highest BCUT2D eigenvalue weighted by atomic mass is 32.2. The second kappa shape index (κ2) is 7.56. The van der Waals surface area contributed by atoms with Gasteiger partial charge in [0.05, 0.1) is 0 Å². The van der Waals surface area contributed by atoms with Crippen molar-refractivity contribution < 1.29 is 0 Å². The summed E-state index contributed by atoms with van der Waals surface area (Å²) in [5.41, 5.74) is 1.44. The Morgan fingerprint density at radius 1 is 1.19 bits per heavy atom. The van der Waals surface area contributed by atoms with Gasteiger partial charge in [0.25, 0.3) is 0 Å². The molecule has 1 heteroatoms. The molecule has 16 heavy (non-hydrogen) atoms. The van der Waals surface area contributed by atoms with Crippen molar-refractivity contribution in [1.29, 1.82) is 0 Å². The summed E-state index contributed by atoms with van der Waals surface area (Å²) in [4.78, 5) is 1.38. The Hall–Kier alpha value is -0.690. The summed E-state index contributed by atoms with van der Waals surface area (Å²) in [5, 5.41) is 0. The van der Waals surface area contributed by atoms with Crippen molar-refractivity contribution in [3.8, 4) is 0 Å². The van der Waals surface area contributed by atoms with Crippen LogP contribution in [0.3, 0.4) is 0 Å². The van der Waals surface area contributed by atoms with Gasteiger partial charge in [-0.15, -0.1) is 11.8 Å². The van der Waals surface area contributed by atoms with Crippen molar-refractivity contribution in [3.05, 3.63) is 42.0 Å². The third-order valence-corrected chi connectivity index (χ3v) is 3.39. The van der Waals surface area contributed by atoms with Crippen LogP contribution >= 0.6 is 11.8 Å². The zero-order valence-corrected chi connectivity index (χ0v) is 11.4. The highest BCUT2D eigenvalue weighted by Gasteiger charge is 1.99. The Morgan fingerprint density at radius 3 is 2.44 bits per heavy atom. The molecular formula is C15H22S. The van der Waals surface area contributed by atoms with Gasteiger partial charge < -0.3 is 0 Å². The molecule has 1 atom stereocenters. The molecule has 0 saturated carbocycles. The average Bonchev–Trinajstić information content (AvgIpc) is 2.29. The normalized spacial score (nSPS) is 13.2. The minimum absolute atomic E-state index is 0.643. The molecule has 1 unspecified atom stereocenters. The summed E-state index contributed by atoms with van der Waals surface area (Å²) < 4.78 is 0. The topological polar surface area (TPSA) is 0 Å². The summed E-state index contributed by atoms with van der Waals surface area (Å²) in [5.74, 6) is 1.79. The molecule has 0 bridgehead atoms. The molecule has 0 radical (unpaired) electrons. The SMILES string of the molecule is CC/C=C\C(C)Cc1ccc(SCC)cc1.